The van der Waals surface area contributed by atoms with Gasteiger partial charge in [-0.3, -0.25) is 0 Å². The van der Waals surface area contributed by atoms with Crippen LogP contribution in [0.5, 0.6) is 0 Å². The number of hydrogen-bond donors (Lipinski definition) is 0. The van der Waals surface area contributed by atoms with E-state index in [1.807, 2.05) is 6.07 Å². The van der Waals surface area contributed by atoms with Crippen LogP contribution in [0.3, 0.4) is 0 Å². The lowest BCUT2D eigenvalue weighted by Crippen LogP contribution is -2.39. The van der Waals surface area contributed by atoms with Gasteiger partial charge in [-0.25, -0.2) is 17.4 Å². The topological polar surface area (TPSA) is 52.0 Å². The van der Waals surface area contributed by atoms with Crippen molar-refractivity contribution in [3.63, 3.8) is 0 Å². The molecule has 0 aliphatic heterocycles. The van der Waals surface area contributed by atoms with Crippen LogP contribution in [0.15, 0.2) is 49.8 Å². The van der Waals surface area contributed by atoms with Crippen LogP contribution < -0.4 is 0 Å². The first kappa shape index (κ1) is 16.5. The minimum atomic E-state index is -3.68. The molecule has 0 N–H and O–H groups in total. The molecule has 0 saturated carbocycles. The zero-order chi connectivity index (χ0) is 16.1. The minimum absolute atomic E-state index is 0.330. The van der Waals surface area contributed by atoms with E-state index in [1.54, 1.807) is 37.5 Å². The first-order valence-corrected chi connectivity index (χ1v) is 10.1. The second-order valence-electron chi connectivity index (χ2n) is 5.23. The summed E-state index contributed by atoms with van der Waals surface area (Å²) in [5.74, 6) is 0. The van der Waals surface area contributed by atoms with Gasteiger partial charge in [-0.2, -0.15) is 0 Å². The van der Waals surface area contributed by atoms with Crippen molar-refractivity contribution in [3.8, 4) is 0 Å². The average Bonchev–Trinajstić information content (AvgIpc) is 2.89. The normalized spacial score (nSPS) is 23.0. The summed E-state index contributed by atoms with van der Waals surface area (Å²) in [4.78, 5) is 4.20. The van der Waals surface area contributed by atoms with E-state index in [2.05, 4.69) is 43.5 Å². The van der Waals surface area contributed by atoms with E-state index in [0.717, 1.165) is 8.97 Å². The van der Waals surface area contributed by atoms with Gasteiger partial charge in [-0.1, -0.05) is 11.6 Å². The molecule has 0 aromatic carbocycles. The number of aromatic nitrogens is 2. The van der Waals surface area contributed by atoms with Crippen molar-refractivity contribution >= 4 is 71.2 Å². The van der Waals surface area contributed by atoms with Crippen LogP contribution in [0.25, 0.3) is 11.0 Å². The van der Waals surface area contributed by atoms with E-state index in [1.165, 1.54) is 3.97 Å². The van der Waals surface area contributed by atoms with Crippen LogP contribution in [-0.2, 0) is 10.0 Å². The SMILES string of the molecule is CC1(S(=O)(=O)n2ccc3cccnc32)C=C(Br)C(Cl)=C(I)C1. The van der Waals surface area contributed by atoms with E-state index in [4.69, 9.17) is 11.6 Å². The third-order valence-corrected chi connectivity index (χ3v) is 8.43. The number of hydrogen-bond acceptors (Lipinski definition) is 3. The first-order valence-electron chi connectivity index (χ1n) is 6.36. The third-order valence-electron chi connectivity index (χ3n) is 3.65. The maximum absolute atomic E-state index is 13.2. The van der Waals surface area contributed by atoms with Crippen LogP contribution in [-0.4, -0.2) is 22.1 Å². The number of pyridine rings is 1. The van der Waals surface area contributed by atoms with E-state index in [9.17, 15) is 8.42 Å². The van der Waals surface area contributed by atoms with Crippen LogP contribution >= 0.6 is 50.1 Å². The summed E-state index contributed by atoms with van der Waals surface area (Å²) in [6.45, 7) is 1.69. The van der Waals surface area contributed by atoms with Crippen LogP contribution in [0.2, 0.25) is 0 Å². The van der Waals surface area contributed by atoms with Crippen molar-refractivity contribution in [1.82, 2.24) is 8.96 Å². The number of fused-ring (bicyclic) bond motifs is 1. The predicted molar refractivity (Wildman–Crippen MR) is 101 cm³/mol. The molecule has 0 amide bonds. The molecule has 0 radical (unpaired) electrons. The summed E-state index contributed by atoms with van der Waals surface area (Å²) in [6.07, 6.45) is 5.12. The first-order chi connectivity index (χ1) is 10.3. The van der Waals surface area contributed by atoms with Gasteiger partial charge in [0.05, 0.1) is 5.03 Å². The average molecular weight is 514 g/mol. The summed E-state index contributed by atoms with van der Waals surface area (Å²) < 4.78 is 27.9. The maximum Gasteiger partial charge on any atom is 0.249 e. The number of nitrogens with zero attached hydrogens (tertiary/aromatic N) is 2. The second-order valence-corrected chi connectivity index (χ2v) is 10.0. The molecule has 8 heteroatoms. The van der Waals surface area contributed by atoms with Crippen molar-refractivity contribution in [2.24, 2.45) is 0 Å². The number of rotatable bonds is 2. The summed E-state index contributed by atoms with van der Waals surface area (Å²) in [5.41, 5.74) is 0.434. The number of allylic oxidation sites excluding steroid dienone is 3. The second kappa shape index (κ2) is 5.61. The van der Waals surface area contributed by atoms with Gasteiger partial charge in [0.1, 0.15) is 4.75 Å². The highest BCUT2D eigenvalue weighted by Gasteiger charge is 2.42. The largest absolute Gasteiger partial charge is 0.249 e. The number of halogens is 3. The van der Waals surface area contributed by atoms with Gasteiger partial charge in [0.15, 0.2) is 5.65 Å². The molecule has 1 aliphatic rings. The van der Waals surface area contributed by atoms with Crippen molar-refractivity contribution in [2.75, 3.05) is 0 Å². The molecule has 0 spiro atoms. The summed E-state index contributed by atoms with van der Waals surface area (Å²) in [5, 5.41) is 1.35. The van der Waals surface area contributed by atoms with Crippen molar-refractivity contribution < 1.29 is 8.42 Å². The fraction of sp³-hybridized carbons (Fsp3) is 0.214. The molecule has 0 bridgehead atoms. The molecule has 3 rings (SSSR count). The van der Waals surface area contributed by atoms with Crippen LogP contribution in [0, 0.1) is 0 Å². The molecule has 4 nitrogen and oxygen atoms in total. The zero-order valence-electron chi connectivity index (χ0n) is 11.4. The Hall–Kier alpha value is -0.380. The lowest BCUT2D eigenvalue weighted by molar-refractivity contribution is 0.554. The molecule has 116 valence electrons. The minimum Gasteiger partial charge on any atom is -0.237 e. The van der Waals surface area contributed by atoms with Gasteiger partial charge >= 0.3 is 0 Å². The fourth-order valence-corrected chi connectivity index (χ4v) is 6.80. The predicted octanol–water partition coefficient (Wildman–Crippen LogP) is 4.54. The van der Waals surface area contributed by atoms with E-state index >= 15 is 0 Å². The molecular weight excluding hydrogens is 502 g/mol. The molecule has 2 aromatic heterocycles. The molecular formula is C14H11BrClIN2O2S. The Morgan fingerprint density at radius 1 is 1.45 bits per heavy atom. The Morgan fingerprint density at radius 2 is 2.18 bits per heavy atom. The highest BCUT2D eigenvalue weighted by atomic mass is 127. The van der Waals surface area contributed by atoms with Gasteiger partial charge in [0.25, 0.3) is 0 Å². The van der Waals surface area contributed by atoms with Gasteiger partial charge in [0.2, 0.25) is 10.0 Å². The maximum atomic E-state index is 13.2. The molecule has 2 heterocycles. The Balaban J connectivity index is 2.19. The van der Waals surface area contributed by atoms with Gasteiger partial charge in [-0.15, -0.1) is 0 Å². The van der Waals surface area contributed by atoms with Gasteiger partial charge in [0, 0.05) is 32.3 Å². The molecule has 22 heavy (non-hydrogen) atoms. The quantitative estimate of drug-likeness (QED) is 0.554. The monoisotopic (exact) mass is 512 g/mol. The highest BCUT2D eigenvalue weighted by Crippen LogP contribution is 2.43. The van der Waals surface area contributed by atoms with Crippen LogP contribution in [0.4, 0.5) is 0 Å². The van der Waals surface area contributed by atoms with E-state index < -0.39 is 14.8 Å². The summed E-state index contributed by atoms with van der Waals surface area (Å²) in [7, 11) is -3.68. The Labute approximate surface area is 155 Å². The smallest absolute Gasteiger partial charge is 0.237 e. The van der Waals surface area contributed by atoms with E-state index in [-0.39, 0.29) is 0 Å². The molecule has 0 saturated heterocycles. The Kier molecular flexibility index (Phi) is 4.20. The molecule has 0 fully saturated rings. The summed E-state index contributed by atoms with van der Waals surface area (Å²) >= 11 is 11.6. The standard InChI is InChI=1S/C14H11BrClIN2O2S/c1-14(7-10(15)12(16)11(17)8-14)22(20,21)19-6-4-9-3-2-5-18-13(9)19/h2-7H,8H2,1H3. The van der Waals surface area contributed by atoms with Crippen molar-refractivity contribution in [3.05, 3.63) is 49.8 Å². The highest BCUT2D eigenvalue weighted by molar-refractivity contribution is 14.1. The molecule has 2 aromatic rings. The van der Waals surface area contributed by atoms with Gasteiger partial charge < -0.3 is 0 Å². The Bertz CT molecular complexity index is 935. The molecule has 1 unspecified atom stereocenters. The molecule has 1 aliphatic carbocycles. The fourth-order valence-electron chi connectivity index (χ4n) is 2.42. The van der Waals surface area contributed by atoms with Crippen molar-refractivity contribution in [2.45, 2.75) is 18.1 Å². The molecule has 1 atom stereocenters. The Morgan fingerprint density at radius 3 is 2.86 bits per heavy atom. The lowest BCUT2D eigenvalue weighted by atomic mass is 10.0. The zero-order valence-corrected chi connectivity index (χ0v) is 16.7. The van der Waals surface area contributed by atoms with E-state index in [0.29, 0.717) is 21.6 Å². The van der Waals surface area contributed by atoms with Crippen molar-refractivity contribution in [1.29, 1.82) is 0 Å². The summed E-state index contributed by atoms with van der Waals surface area (Å²) in [6, 6.07) is 5.37. The lowest BCUT2D eigenvalue weighted by Gasteiger charge is -2.30. The van der Waals surface area contributed by atoms with Crippen LogP contribution in [0.1, 0.15) is 13.3 Å². The third kappa shape index (κ3) is 2.46. The van der Waals surface area contributed by atoms with Gasteiger partial charge in [-0.05, 0) is 69.7 Å².